The number of Topliss-reactive ketones (excluding diaryl/α,β-unsaturated/α-hetero) is 1. The van der Waals surface area contributed by atoms with E-state index in [1.807, 2.05) is 37.3 Å². The third-order valence-electron chi connectivity index (χ3n) is 5.32. The van der Waals surface area contributed by atoms with Gasteiger partial charge in [-0.1, -0.05) is 55.8 Å². The van der Waals surface area contributed by atoms with Crippen molar-refractivity contribution in [1.82, 2.24) is 5.32 Å². The van der Waals surface area contributed by atoms with Crippen molar-refractivity contribution in [3.63, 3.8) is 0 Å². The number of benzene rings is 2. The molecule has 26 heavy (non-hydrogen) atoms. The molecule has 1 N–H and O–H groups in total. The highest BCUT2D eigenvalue weighted by atomic mass is 19.1. The quantitative estimate of drug-likeness (QED) is 0.743. The van der Waals surface area contributed by atoms with Crippen molar-refractivity contribution in [2.24, 2.45) is 5.92 Å². The summed E-state index contributed by atoms with van der Waals surface area (Å²) in [5, 5.41) is 2.77. The zero-order valence-electron chi connectivity index (χ0n) is 15.0. The minimum absolute atomic E-state index is 0.169. The fraction of sp³-hybridized carbons (Fsp3) is 0.364. The number of rotatable bonds is 7. The van der Waals surface area contributed by atoms with Crippen LogP contribution in [-0.2, 0) is 0 Å². The van der Waals surface area contributed by atoms with Gasteiger partial charge in [-0.3, -0.25) is 9.59 Å². The number of nitrogens with one attached hydrogen (secondary N) is 1. The Balaban J connectivity index is 1.67. The molecular formula is C22H24FNO2. The van der Waals surface area contributed by atoms with E-state index in [0.717, 1.165) is 30.4 Å². The summed E-state index contributed by atoms with van der Waals surface area (Å²) in [6.07, 6.45) is 3.09. The fourth-order valence-corrected chi connectivity index (χ4v) is 3.23. The molecule has 0 spiro atoms. The summed E-state index contributed by atoms with van der Waals surface area (Å²) in [5.41, 5.74) is 2.14. The van der Waals surface area contributed by atoms with Gasteiger partial charge in [-0.25, -0.2) is 4.39 Å². The normalized spacial score (nSPS) is 16.4. The molecule has 1 saturated carbocycles. The Morgan fingerprint density at radius 2 is 1.69 bits per heavy atom. The fourth-order valence-electron chi connectivity index (χ4n) is 3.23. The average molecular weight is 353 g/mol. The molecule has 2 aromatic carbocycles. The van der Waals surface area contributed by atoms with E-state index >= 15 is 0 Å². The lowest BCUT2D eigenvalue weighted by Gasteiger charge is -2.25. The molecule has 0 aliphatic heterocycles. The number of carbonyl (C=O) groups is 2. The lowest BCUT2D eigenvalue weighted by molar-refractivity contribution is 0.0854. The molecule has 3 nitrogen and oxygen atoms in total. The summed E-state index contributed by atoms with van der Waals surface area (Å²) in [5.74, 6) is -0.103. The summed E-state index contributed by atoms with van der Waals surface area (Å²) in [4.78, 5) is 24.6. The number of ketones is 1. The predicted molar refractivity (Wildman–Crippen MR) is 100 cm³/mol. The van der Waals surface area contributed by atoms with E-state index in [4.69, 9.17) is 0 Å². The van der Waals surface area contributed by atoms with Gasteiger partial charge in [0.25, 0.3) is 5.91 Å². The Morgan fingerprint density at radius 3 is 2.23 bits per heavy atom. The van der Waals surface area contributed by atoms with Crippen molar-refractivity contribution in [2.45, 2.75) is 38.1 Å². The van der Waals surface area contributed by atoms with Crippen LogP contribution in [0.1, 0.15) is 58.4 Å². The van der Waals surface area contributed by atoms with Gasteiger partial charge in [-0.05, 0) is 30.5 Å². The van der Waals surface area contributed by atoms with Gasteiger partial charge >= 0.3 is 0 Å². The first-order valence-corrected chi connectivity index (χ1v) is 9.16. The third-order valence-corrected chi connectivity index (χ3v) is 5.32. The van der Waals surface area contributed by atoms with Crippen molar-refractivity contribution < 1.29 is 14.0 Å². The Hall–Kier alpha value is -2.49. The maximum atomic E-state index is 13.6. The van der Waals surface area contributed by atoms with Crippen LogP contribution in [0.5, 0.6) is 0 Å². The molecule has 4 heteroatoms. The standard InChI is InChI=1S/C22H24FNO2/c1-15(20(14-23)24-22(26)19-6-3-2-4-7-19)16-10-12-18(13-11-16)21(25)17-8-5-9-17/h2-4,6-7,10-13,15,17,20H,5,8-9,14H2,1H3,(H,24,26)/t15-,20-/m1/s1. The minimum atomic E-state index is -0.650. The van der Waals surface area contributed by atoms with Crippen LogP contribution >= 0.6 is 0 Å². The first kappa shape index (κ1) is 18.3. The molecule has 0 heterocycles. The van der Waals surface area contributed by atoms with Crippen LogP contribution in [-0.4, -0.2) is 24.4 Å². The maximum absolute atomic E-state index is 13.6. The first-order chi connectivity index (χ1) is 12.6. The van der Waals surface area contributed by atoms with Gasteiger partial charge in [0.2, 0.25) is 0 Å². The van der Waals surface area contributed by atoms with E-state index in [0.29, 0.717) is 5.56 Å². The second-order valence-corrected chi connectivity index (χ2v) is 7.00. The average Bonchev–Trinajstić information content (AvgIpc) is 2.64. The Morgan fingerprint density at radius 1 is 1.04 bits per heavy atom. The van der Waals surface area contributed by atoms with E-state index in [2.05, 4.69) is 5.32 Å². The van der Waals surface area contributed by atoms with Gasteiger partial charge in [0.05, 0.1) is 6.04 Å². The Bertz CT molecular complexity index is 753. The van der Waals surface area contributed by atoms with E-state index in [1.54, 1.807) is 24.3 Å². The van der Waals surface area contributed by atoms with Gasteiger partial charge in [0.1, 0.15) is 6.67 Å². The van der Waals surface area contributed by atoms with Crippen molar-refractivity contribution in [2.75, 3.05) is 6.67 Å². The summed E-state index contributed by atoms with van der Waals surface area (Å²) in [7, 11) is 0. The second kappa shape index (κ2) is 8.26. The second-order valence-electron chi connectivity index (χ2n) is 7.00. The number of carbonyl (C=O) groups excluding carboxylic acids is 2. The lowest BCUT2D eigenvalue weighted by Crippen LogP contribution is -2.40. The van der Waals surface area contributed by atoms with E-state index in [9.17, 15) is 14.0 Å². The molecule has 1 aliphatic carbocycles. The number of hydrogen-bond acceptors (Lipinski definition) is 2. The van der Waals surface area contributed by atoms with Gasteiger partial charge in [-0.15, -0.1) is 0 Å². The Kier molecular flexibility index (Phi) is 5.82. The largest absolute Gasteiger partial charge is 0.346 e. The maximum Gasteiger partial charge on any atom is 0.251 e. The summed E-state index contributed by atoms with van der Waals surface area (Å²) < 4.78 is 13.6. The van der Waals surface area contributed by atoms with Crippen LogP contribution in [0.2, 0.25) is 0 Å². The number of halogens is 1. The van der Waals surface area contributed by atoms with Gasteiger partial charge in [-0.2, -0.15) is 0 Å². The monoisotopic (exact) mass is 353 g/mol. The number of alkyl halides is 1. The molecule has 2 atom stereocenters. The smallest absolute Gasteiger partial charge is 0.251 e. The van der Waals surface area contributed by atoms with Crippen molar-refractivity contribution in [1.29, 1.82) is 0 Å². The van der Waals surface area contributed by atoms with Crippen molar-refractivity contribution in [3.8, 4) is 0 Å². The van der Waals surface area contributed by atoms with E-state index in [1.165, 1.54) is 0 Å². The zero-order chi connectivity index (χ0) is 18.5. The van der Waals surface area contributed by atoms with Crippen molar-refractivity contribution >= 4 is 11.7 Å². The van der Waals surface area contributed by atoms with Gasteiger partial charge < -0.3 is 5.32 Å². The predicted octanol–water partition coefficient (Wildman–Crippen LogP) is 4.54. The van der Waals surface area contributed by atoms with Crippen LogP contribution in [0.3, 0.4) is 0 Å². The van der Waals surface area contributed by atoms with Crippen LogP contribution in [0.15, 0.2) is 54.6 Å². The van der Waals surface area contributed by atoms with Crippen LogP contribution in [0, 0.1) is 5.92 Å². The molecule has 136 valence electrons. The molecule has 0 bridgehead atoms. The highest BCUT2D eigenvalue weighted by molar-refractivity contribution is 5.98. The summed E-state index contributed by atoms with van der Waals surface area (Å²) >= 11 is 0. The number of hydrogen-bond donors (Lipinski definition) is 1. The van der Waals surface area contributed by atoms with Crippen molar-refractivity contribution in [3.05, 3.63) is 71.3 Å². The number of amides is 1. The molecule has 1 fully saturated rings. The summed E-state index contributed by atoms with van der Waals surface area (Å²) in [6.45, 7) is 1.24. The minimum Gasteiger partial charge on any atom is -0.346 e. The van der Waals surface area contributed by atoms with E-state index in [-0.39, 0.29) is 23.5 Å². The first-order valence-electron chi connectivity index (χ1n) is 9.16. The highest BCUT2D eigenvalue weighted by Gasteiger charge is 2.27. The zero-order valence-corrected chi connectivity index (χ0v) is 15.0. The van der Waals surface area contributed by atoms with Crippen LogP contribution in [0.25, 0.3) is 0 Å². The molecule has 3 rings (SSSR count). The third kappa shape index (κ3) is 4.01. The SMILES string of the molecule is C[C@H](c1ccc(C(=O)C2CCC2)cc1)[C@@H](CF)NC(=O)c1ccccc1. The van der Waals surface area contributed by atoms with Crippen LogP contribution < -0.4 is 5.32 Å². The molecule has 2 aromatic rings. The molecular weight excluding hydrogens is 329 g/mol. The molecule has 0 unspecified atom stereocenters. The molecule has 1 amide bonds. The highest BCUT2D eigenvalue weighted by Crippen LogP contribution is 2.30. The summed E-state index contributed by atoms with van der Waals surface area (Å²) in [6, 6.07) is 15.6. The Labute approximate surface area is 153 Å². The molecule has 1 aliphatic rings. The van der Waals surface area contributed by atoms with E-state index < -0.39 is 12.7 Å². The van der Waals surface area contributed by atoms with Gasteiger partial charge in [0, 0.05) is 23.0 Å². The lowest BCUT2D eigenvalue weighted by atomic mass is 9.79. The molecule has 0 saturated heterocycles. The molecule has 0 aromatic heterocycles. The van der Waals surface area contributed by atoms with Gasteiger partial charge in [0.15, 0.2) is 5.78 Å². The van der Waals surface area contributed by atoms with Crippen LogP contribution in [0.4, 0.5) is 4.39 Å². The topological polar surface area (TPSA) is 46.2 Å². The molecule has 0 radical (unpaired) electrons.